The third-order valence-corrected chi connectivity index (χ3v) is 4.54. The molecule has 0 saturated heterocycles. The lowest BCUT2D eigenvalue weighted by atomic mass is 10.1. The predicted octanol–water partition coefficient (Wildman–Crippen LogP) is 2.77. The van der Waals surface area contributed by atoms with Crippen LogP contribution in [0.5, 0.6) is 0 Å². The van der Waals surface area contributed by atoms with E-state index in [0.717, 1.165) is 11.3 Å². The van der Waals surface area contributed by atoms with E-state index in [1.807, 2.05) is 18.2 Å². The lowest BCUT2D eigenvalue weighted by Crippen LogP contribution is -2.34. The van der Waals surface area contributed by atoms with Crippen molar-refractivity contribution in [1.82, 2.24) is 10.1 Å². The summed E-state index contributed by atoms with van der Waals surface area (Å²) in [5.74, 6) is 0.170. The number of aromatic nitrogens is 2. The second-order valence-corrected chi connectivity index (χ2v) is 6.34. The van der Waals surface area contributed by atoms with E-state index in [2.05, 4.69) is 15.5 Å². The fraction of sp³-hybridized carbons (Fsp3) is 0.211. The molecular weight excluding hydrogens is 349 g/mol. The normalized spacial score (nSPS) is 12.9. The minimum absolute atomic E-state index is 0.0442. The van der Waals surface area contributed by atoms with Crippen molar-refractivity contribution in [2.75, 3.05) is 29.0 Å². The lowest BCUT2D eigenvalue weighted by Gasteiger charge is -2.18. The van der Waals surface area contributed by atoms with Crippen molar-refractivity contribution >= 4 is 23.0 Å². The molecule has 27 heavy (non-hydrogen) atoms. The zero-order valence-electron chi connectivity index (χ0n) is 14.7. The van der Waals surface area contributed by atoms with Gasteiger partial charge in [-0.15, -0.1) is 0 Å². The number of rotatable bonds is 4. The quantitative estimate of drug-likeness (QED) is 0.688. The average molecular weight is 367 g/mol. The van der Waals surface area contributed by atoms with Gasteiger partial charge in [-0.2, -0.15) is 4.98 Å². The largest absolute Gasteiger partial charge is 0.398 e. The topological polar surface area (TPSA) is 97.3 Å². The Hall–Kier alpha value is -3.42. The van der Waals surface area contributed by atoms with E-state index < -0.39 is 5.82 Å². The molecule has 0 fully saturated rings. The van der Waals surface area contributed by atoms with Crippen molar-refractivity contribution in [3.05, 3.63) is 53.6 Å². The van der Waals surface area contributed by atoms with Gasteiger partial charge >= 0.3 is 0 Å². The summed E-state index contributed by atoms with van der Waals surface area (Å²) in [7, 11) is 0. The van der Waals surface area contributed by atoms with Gasteiger partial charge in [-0.3, -0.25) is 4.79 Å². The van der Waals surface area contributed by atoms with Crippen molar-refractivity contribution in [2.45, 2.75) is 13.3 Å². The van der Waals surface area contributed by atoms with Crippen LogP contribution in [0.15, 0.2) is 40.9 Å². The van der Waals surface area contributed by atoms with Crippen molar-refractivity contribution in [3.63, 3.8) is 0 Å². The molecule has 7 nitrogen and oxygen atoms in total. The molecule has 0 spiro atoms. The Morgan fingerprint density at radius 2 is 2.22 bits per heavy atom. The summed E-state index contributed by atoms with van der Waals surface area (Å²) in [6.45, 7) is 2.22. The molecule has 0 atom stereocenters. The zero-order chi connectivity index (χ0) is 19.0. The van der Waals surface area contributed by atoms with Crippen molar-refractivity contribution in [3.8, 4) is 11.5 Å². The van der Waals surface area contributed by atoms with Crippen molar-refractivity contribution in [2.24, 2.45) is 0 Å². The number of hydrogen-bond donors (Lipinski definition) is 2. The van der Waals surface area contributed by atoms with Crippen LogP contribution >= 0.6 is 0 Å². The third kappa shape index (κ3) is 3.21. The van der Waals surface area contributed by atoms with E-state index in [4.69, 9.17) is 10.3 Å². The molecule has 0 radical (unpaired) electrons. The van der Waals surface area contributed by atoms with Gasteiger partial charge in [0.15, 0.2) is 5.82 Å². The summed E-state index contributed by atoms with van der Waals surface area (Å²) < 4.78 is 19.2. The lowest BCUT2D eigenvalue weighted by molar-refractivity contribution is -0.116. The molecule has 4 rings (SSSR count). The number of hydrogen-bond acceptors (Lipinski definition) is 6. The monoisotopic (exact) mass is 367 g/mol. The number of fused-ring (bicyclic) bond motifs is 1. The number of nitrogens with two attached hydrogens (primary N) is 1. The molecule has 3 N–H and O–H groups in total. The van der Waals surface area contributed by atoms with Gasteiger partial charge in [-0.25, -0.2) is 4.39 Å². The van der Waals surface area contributed by atoms with Gasteiger partial charge in [0, 0.05) is 29.0 Å². The summed E-state index contributed by atoms with van der Waals surface area (Å²) in [5.41, 5.74) is 9.22. The summed E-state index contributed by atoms with van der Waals surface area (Å²) in [4.78, 5) is 18.4. The summed E-state index contributed by atoms with van der Waals surface area (Å²) in [5, 5.41) is 6.59. The first-order valence-corrected chi connectivity index (χ1v) is 8.55. The molecule has 0 bridgehead atoms. The minimum Gasteiger partial charge on any atom is -0.398 e. The Kier molecular flexibility index (Phi) is 4.23. The Morgan fingerprint density at radius 3 is 3.00 bits per heavy atom. The van der Waals surface area contributed by atoms with Crippen LogP contribution in [-0.2, 0) is 11.2 Å². The molecule has 3 aromatic rings. The highest BCUT2D eigenvalue weighted by Crippen LogP contribution is 2.32. The molecule has 0 saturated carbocycles. The van der Waals surface area contributed by atoms with Crippen LogP contribution in [0, 0.1) is 12.7 Å². The Labute approximate surface area is 155 Å². The molecule has 1 aliphatic heterocycles. The van der Waals surface area contributed by atoms with Crippen LogP contribution in [0.25, 0.3) is 11.5 Å². The number of benzene rings is 2. The van der Waals surface area contributed by atoms with Gasteiger partial charge in [-0.05, 0) is 43.7 Å². The SMILES string of the molecule is Cc1noc(-c2ccc(F)c(NCC(=O)N3CCc4c(N)cccc43)c2)n1. The number of aryl methyl sites for hydroxylation is 1. The zero-order valence-corrected chi connectivity index (χ0v) is 14.7. The number of nitrogens with one attached hydrogen (secondary N) is 1. The first-order chi connectivity index (χ1) is 13.0. The third-order valence-electron chi connectivity index (χ3n) is 4.54. The maximum atomic E-state index is 14.1. The number of nitrogen functional groups attached to an aromatic ring is 1. The van der Waals surface area contributed by atoms with Gasteiger partial charge in [0.05, 0.1) is 12.2 Å². The number of carbonyl (C=O) groups is 1. The molecule has 1 aliphatic rings. The van der Waals surface area contributed by atoms with E-state index in [-0.39, 0.29) is 18.1 Å². The van der Waals surface area contributed by atoms with Crippen LogP contribution in [0.2, 0.25) is 0 Å². The summed E-state index contributed by atoms with van der Waals surface area (Å²) in [6.07, 6.45) is 0.716. The van der Waals surface area contributed by atoms with Gasteiger partial charge in [-0.1, -0.05) is 11.2 Å². The standard InChI is InChI=1S/C19H18FN5O2/c1-11-23-19(27-24-11)12-5-6-14(20)16(9-12)22-10-18(26)25-8-7-13-15(21)3-2-4-17(13)25/h2-6,9,22H,7-8,10,21H2,1H3. The Balaban J connectivity index is 1.49. The highest BCUT2D eigenvalue weighted by Gasteiger charge is 2.25. The minimum atomic E-state index is -0.464. The first-order valence-electron chi connectivity index (χ1n) is 8.55. The van der Waals surface area contributed by atoms with E-state index in [9.17, 15) is 9.18 Å². The number of anilines is 3. The van der Waals surface area contributed by atoms with Crippen LogP contribution in [0.4, 0.5) is 21.5 Å². The predicted molar refractivity (Wildman–Crippen MR) is 99.8 cm³/mol. The Bertz CT molecular complexity index is 1020. The fourth-order valence-electron chi connectivity index (χ4n) is 3.19. The van der Waals surface area contributed by atoms with Crippen LogP contribution in [0.3, 0.4) is 0 Å². The number of nitrogens with zero attached hydrogens (tertiary/aromatic N) is 3. The van der Waals surface area contributed by atoms with Crippen molar-refractivity contribution < 1.29 is 13.7 Å². The molecular formula is C19H18FN5O2. The van der Waals surface area contributed by atoms with Gasteiger partial charge < -0.3 is 20.5 Å². The highest BCUT2D eigenvalue weighted by atomic mass is 19.1. The van der Waals surface area contributed by atoms with Crippen LogP contribution in [0.1, 0.15) is 11.4 Å². The fourth-order valence-corrected chi connectivity index (χ4v) is 3.19. The van der Waals surface area contributed by atoms with Gasteiger partial charge in [0.1, 0.15) is 5.82 Å². The van der Waals surface area contributed by atoms with E-state index in [0.29, 0.717) is 35.9 Å². The average Bonchev–Trinajstić information content (AvgIpc) is 3.28. The van der Waals surface area contributed by atoms with Crippen molar-refractivity contribution in [1.29, 1.82) is 0 Å². The first kappa shape index (κ1) is 17.0. The molecule has 0 aliphatic carbocycles. The molecule has 138 valence electrons. The smallest absolute Gasteiger partial charge is 0.257 e. The summed E-state index contributed by atoms with van der Waals surface area (Å²) in [6, 6.07) is 9.91. The van der Waals surface area contributed by atoms with E-state index in [1.165, 1.54) is 6.07 Å². The second-order valence-electron chi connectivity index (χ2n) is 6.34. The number of carbonyl (C=O) groups excluding carboxylic acids is 1. The maximum absolute atomic E-state index is 14.1. The maximum Gasteiger partial charge on any atom is 0.257 e. The molecule has 2 aromatic carbocycles. The Morgan fingerprint density at radius 1 is 1.37 bits per heavy atom. The molecule has 1 aromatic heterocycles. The molecule has 8 heteroatoms. The molecule has 2 heterocycles. The highest BCUT2D eigenvalue weighted by molar-refractivity contribution is 5.98. The van der Waals surface area contributed by atoms with Gasteiger partial charge in [0.2, 0.25) is 5.91 Å². The molecule has 0 unspecified atom stereocenters. The molecule has 1 amide bonds. The van der Waals surface area contributed by atoms with Crippen LogP contribution in [-0.4, -0.2) is 29.1 Å². The van der Waals surface area contributed by atoms with E-state index >= 15 is 0 Å². The van der Waals surface area contributed by atoms with Gasteiger partial charge in [0.25, 0.3) is 5.89 Å². The second kappa shape index (κ2) is 6.71. The number of amides is 1. The number of halogens is 1. The van der Waals surface area contributed by atoms with E-state index in [1.54, 1.807) is 24.0 Å². The summed E-state index contributed by atoms with van der Waals surface area (Å²) >= 11 is 0. The van der Waals surface area contributed by atoms with Crippen LogP contribution < -0.4 is 16.0 Å².